The Hall–Kier alpha value is 0.620. The van der Waals surface area contributed by atoms with E-state index in [4.69, 9.17) is 4.74 Å². The maximum atomic E-state index is 5.36. The van der Waals surface area contributed by atoms with E-state index in [1.54, 1.807) is 0 Å². The summed E-state index contributed by atoms with van der Waals surface area (Å²) in [6, 6.07) is 0.715. The van der Waals surface area contributed by atoms with Crippen LogP contribution in [-0.2, 0) is 4.74 Å². The fraction of sp³-hybridized carbons (Fsp3) is 1.00. The molecule has 0 radical (unpaired) electrons. The summed E-state index contributed by atoms with van der Waals surface area (Å²) >= 11 is 4.20. The number of nitrogens with one attached hydrogen (secondary N) is 1. The molecular formula is C12H23NOS2. The number of hydrogen-bond donors (Lipinski definition) is 1. The molecule has 0 unspecified atom stereocenters. The predicted molar refractivity (Wildman–Crippen MR) is 74.6 cm³/mol. The van der Waals surface area contributed by atoms with Crippen LogP contribution in [0.3, 0.4) is 0 Å². The molecule has 0 atom stereocenters. The molecule has 1 saturated heterocycles. The summed E-state index contributed by atoms with van der Waals surface area (Å²) in [5.41, 5.74) is 0.469. The van der Waals surface area contributed by atoms with Crippen molar-refractivity contribution in [1.29, 1.82) is 0 Å². The van der Waals surface area contributed by atoms with Gasteiger partial charge in [-0.1, -0.05) is 6.42 Å². The summed E-state index contributed by atoms with van der Waals surface area (Å²) in [6.45, 7) is 2.10. The van der Waals surface area contributed by atoms with Crippen LogP contribution in [0.15, 0.2) is 0 Å². The molecule has 94 valence electrons. The minimum atomic E-state index is 0.469. The highest BCUT2D eigenvalue weighted by molar-refractivity contribution is 8.03. The fourth-order valence-corrected chi connectivity index (χ4v) is 4.92. The first-order valence-corrected chi connectivity index (χ1v) is 8.53. The van der Waals surface area contributed by atoms with Gasteiger partial charge in [-0.3, -0.25) is 0 Å². The minimum absolute atomic E-state index is 0.469. The summed E-state index contributed by atoms with van der Waals surface area (Å²) in [5.74, 6) is 5.23. The Kier molecular flexibility index (Phi) is 5.33. The van der Waals surface area contributed by atoms with E-state index < -0.39 is 0 Å². The molecule has 2 fully saturated rings. The quantitative estimate of drug-likeness (QED) is 0.819. The van der Waals surface area contributed by atoms with Gasteiger partial charge in [0.15, 0.2) is 0 Å². The Bertz CT molecular complexity index is 201. The SMILES string of the molecule is COCC1(CNC2CSCCSC2)CCC1. The Labute approximate surface area is 108 Å². The van der Waals surface area contributed by atoms with Gasteiger partial charge in [-0.2, -0.15) is 23.5 Å². The Balaban J connectivity index is 1.72. The molecule has 1 heterocycles. The molecule has 0 aromatic rings. The smallest absolute Gasteiger partial charge is 0.0530 e. The number of rotatable bonds is 5. The van der Waals surface area contributed by atoms with E-state index in [9.17, 15) is 0 Å². The second-order valence-electron chi connectivity index (χ2n) is 5.01. The average molecular weight is 261 g/mol. The molecule has 1 saturated carbocycles. The third-order valence-electron chi connectivity index (χ3n) is 3.64. The van der Waals surface area contributed by atoms with E-state index in [2.05, 4.69) is 28.8 Å². The first-order valence-electron chi connectivity index (χ1n) is 6.22. The molecule has 2 rings (SSSR count). The third-order valence-corrected chi connectivity index (χ3v) is 6.16. The van der Waals surface area contributed by atoms with Crippen molar-refractivity contribution in [3.05, 3.63) is 0 Å². The molecular weight excluding hydrogens is 238 g/mol. The Morgan fingerprint density at radius 2 is 1.94 bits per heavy atom. The van der Waals surface area contributed by atoms with E-state index in [1.807, 2.05) is 7.11 Å². The highest BCUT2D eigenvalue weighted by Gasteiger charge is 2.37. The molecule has 2 nitrogen and oxygen atoms in total. The van der Waals surface area contributed by atoms with Crippen LogP contribution in [0.25, 0.3) is 0 Å². The van der Waals surface area contributed by atoms with E-state index in [1.165, 1.54) is 42.3 Å². The lowest BCUT2D eigenvalue weighted by molar-refractivity contribution is 0.0168. The zero-order valence-corrected chi connectivity index (χ0v) is 11.8. The van der Waals surface area contributed by atoms with Crippen LogP contribution in [0.2, 0.25) is 0 Å². The molecule has 1 aliphatic carbocycles. The van der Waals surface area contributed by atoms with Gasteiger partial charge < -0.3 is 10.1 Å². The molecule has 4 heteroatoms. The van der Waals surface area contributed by atoms with Crippen LogP contribution in [0, 0.1) is 5.41 Å². The van der Waals surface area contributed by atoms with Gasteiger partial charge in [-0.25, -0.2) is 0 Å². The normalized spacial score (nSPS) is 26.1. The van der Waals surface area contributed by atoms with Gasteiger partial charge >= 0.3 is 0 Å². The van der Waals surface area contributed by atoms with Crippen molar-refractivity contribution in [2.24, 2.45) is 5.41 Å². The van der Waals surface area contributed by atoms with Crippen LogP contribution < -0.4 is 5.32 Å². The summed E-state index contributed by atoms with van der Waals surface area (Å²) in [5, 5.41) is 3.77. The van der Waals surface area contributed by atoms with E-state index in [0.29, 0.717) is 11.5 Å². The van der Waals surface area contributed by atoms with Crippen molar-refractivity contribution in [3.8, 4) is 0 Å². The second-order valence-corrected chi connectivity index (χ2v) is 7.31. The lowest BCUT2D eigenvalue weighted by atomic mass is 9.69. The first kappa shape index (κ1) is 13.1. The third kappa shape index (κ3) is 3.56. The fourth-order valence-electron chi connectivity index (χ4n) is 2.45. The zero-order chi connectivity index (χ0) is 11.3. The molecule has 0 spiro atoms. The molecule has 0 amide bonds. The monoisotopic (exact) mass is 261 g/mol. The first-order chi connectivity index (χ1) is 7.85. The largest absolute Gasteiger partial charge is 0.384 e. The Morgan fingerprint density at radius 3 is 2.44 bits per heavy atom. The zero-order valence-electron chi connectivity index (χ0n) is 10.2. The minimum Gasteiger partial charge on any atom is -0.384 e. The van der Waals surface area contributed by atoms with Crippen LogP contribution in [-0.4, -0.2) is 49.3 Å². The van der Waals surface area contributed by atoms with Crippen molar-refractivity contribution >= 4 is 23.5 Å². The van der Waals surface area contributed by atoms with Crippen molar-refractivity contribution in [1.82, 2.24) is 5.32 Å². The molecule has 1 aliphatic heterocycles. The molecule has 1 N–H and O–H groups in total. The molecule has 0 bridgehead atoms. The number of thioether (sulfide) groups is 2. The van der Waals surface area contributed by atoms with E-state index in [0.717, 1.165) is 13.2 Å². The van der Waals surface area contributed by atoms with Crippen LogP contribution in [0.1, 0.15) is 19.3 Å². The van der Waals surface area contributed by atoms with Gasteiger partial charge in [0.05, 0.1) is 6.61 Å². The second kappa shape index (κ2) is 6.53. The van der Waals surface area contributed by atoms with Crippen LogP contribution in [0.5, 0.6) is 0 Å². The van der Waals surface area contributed by atoms with Crippen LogP contribution >= 0.6 is 23.5 Å². The summed E-state index contributed by atoms with van der Waals surface area (Å²) in [4.78, 5) is 0. The topological polar surface area (TPSA) is 21.3 Å². The van der Waals surface area contributed by atoms with Crippen LogP contribution in [0.4, 0.5) is 0 Å². The molecule has 16 heavy (non-hydrogen) atoms. The van der Waals surface area contributed by atoms with Gasteiger partial charge in [0.25, 0.3) is 0 Å². The lowest BCUT2D eigenvalue weighted by Crippen LogP contribution is -2.47. The Morgan fingerprint density at radius 1 is 1.25 bits per heavy atom. The number of methoxy groups -OCH3 is 1. The van der Waals surface area contributed by atoms with Crippen molar-refractivity contribution in [2.45, 2.75) is 25.3 Å². The van der Waals surface area contributed by atoms with Crippen molar-refractivity contribution in [3.63, 3.8) is 0 Å². The molecule has 0 aromatic carbocycles. The summed E-state index contributed by atoms with van der Waals surface area (Å²) in [7, 11) is 1.83. The van der Waals surface area contributed by atoms with E-state index >= 15 is 0 Å². The van der Waals surface area contributed by atoms with Gasteiger partial charge in [0.2, 0.25) is 0 Å². The lowest BCUT2D eigenvalue weighted by Gasteiger charge is -2.42. The highest BCUT2D eigenvalue weighted by atomic mass is 32.2. The highest BCUT2D eigenvalue weighted by Crippen LogP contribution is 2.40. The van der Waals surface area contributed by atoms with Gasteiger partial charge in [-0.15, -0.1) is 0 Å². The maximum absolute atomic E-state index is 5.36. The van der Waals surface area contributed by atoms with Crippen molar-refractivity contribution in [2.75, 3.05) is 43.3 Å². The van der Waals surface area contributed by atoms with E-state index in [-0.39, 0.29) is 0 Å². The summed E-state index contributed by atoms with van der Waals surface area (Å²) < 4.78 is 5.36. The van der Waals surface area contributed by atoms with Gasteiger partial charge in [0, 0.05) is 48.1 Å². The molecule has 0 aromatic heterocycles. The number of ether oxygens (including phenoxy) is 1. The van der Waals surface area contributed by atoms with Gasteiger partial charge in [0.1, 0.15) is 0 Å². The number of hydrogen-bond acceptors (Lipinski definition) is 4. The predicted octanol–water partition coefficient (Wildman–Crippen LogP) is 2.24. The van der Waals surface area contributed by atoms with Gasteiger partial charge in [-0.05, 0) is 12.8 Å². The average Bonchev–Trinajstić information content (AvgIpc) is 2.50. The summed E-state index contributed by atoms with van der Waals surface area (Å²) in [6.07, 6.45) is 4.08. The van der Waals surface area contributed by atoms with Crippen molar-refractivity contribution < 1.29 is 4.74 Å². The maximum Gasteiger partial charge on any atom is 0.0530 e. The molecule has 2 aliphatic rings. The standard InChI is InChI=1S/C12H23NOS2/c1-14-10-12(3-2-4-12)9-13-11-7-15-5-6-16-8-11/h11,13H,2-10H2,1H3.